The second-order valence-electron chi connectivity index (χ2n) is 5.01. The summed E-state index contributed by atoms with van der Waals surface area (Å²) in [5, 5.41) is 17.9. The first kappa shape index (κ1) is 16.4. The predicted molar refractivity (Wildman–Crippen MR) is 76.5 cm³/mol. The highest BCUT2D eigenvalue weighted by Gasteiger charge is 2.16. The lowest BCUT2D eigenvalue weighted by Crippen LogP contribution is -2.23. The molecule has 0 bridgehead atoms. The predicted octanol–water partition coefficient (Wildman–Crippen LogP) is 1.68. The molecular formula is C13H24ClN3O2. The van der Waals surface area contributed by atoms with Crippen molar-refractivity contribution in [1.82, 2.24) is 15.1 Å². The molecule has 0 aliphatic rings. The number of rotatable bonds is 8. The molecule has 1 aromatic heterocycles. The molecule has 110 valence electrons. The molecule has 0 aliphatic heterocycles. The summed E-state index contributed by atoms with van der Waals surface area (Å²) in [6.45, 7) is 5.95. The zero-order valence-electron chi connectivity index (χ0n) is 12.1. The third kappa shape index (κ3) is 4.76. The normalized spacial score (nSPS) is 13.2. The van der Waals surface area contributed by atoms with Gasteiger partial charge in [0.05, 0.1) is 18.4 Å². The Morgan fingerprint density at radius 3 is 2.74 bits per heavy atom. The Hall–Kier alpha value is -0.620. The van der Waals surface area contributed by atoms with Crippen molar-refractivity contribution in [3.8, 4) is 0 Å². The number of aromatic nitrogens is 2. The van der Waals surface area contributed by atoms with Gasteiger partial charge in [0, 0.05) is 26.3 Å². The minimum absolute atomic E-state index is 0.342. The summed E-state index contributed by atoms with van der Waals surface area (Å²) < 4.78 is 6.58. The van der Waals surface area contributed by atoms with Crippen molar-refractivity contribution in [1.29, 1.82) is 0 Å². The monoisotopic (exact) mass is 289 g/mol. The average Bonchev–Trinajstić information content (AvgIpc) is 2.63. The van der Waals surface area contributed by atoms with Crippen molar-refractivity contribution in [2.24, 2.45) is 7.05 Å². The molecule has 0 spiro atoms. The van der Waals surface area contributed by atoms with Gasteiger partial charge in [0.25, 0.3) is 0 Å². The molecule has 0 fully saturated rings. The Labute approximate surface area is 119 Å². The number of hydrogen-bond acceptors (Lipinski definition) is 4. The van der Waals surface area contributed by atoms with Crippen LogP contribution in [0, 0.1) is 0 Å². The SMILES string of the molecule is COCC(O)CCNCc1c(C(C)C)nn(C)c1Cl. The Balaban J connectivity index is 2.49. The summed E-state index contributed by atoms with van der Waals surface area (Å²) in [6.07, 6.45) is 0.231. The van der Waals surface area contributed by atoms with Crippen LogP contribution in [0.2, 0.25) is 5.15 Å². The van der Waals surface area contributed by atoms with Crippen molar-refractivity contribution >= 4 is 11.6 Å². The smallest absolute Gasteiger partial charge is 0.131 e. The van der Waals surface area contributed by atoms with Crippen LogP contribution >= 0.6 is 11.6 Å². The number of methoxy groups -OCH3 is 1. The number of ether oxygens (including phenoxy) is 1. The van der Waals surface area contributed by atoms with E-state index in [9.17, 15) is 5.11 Å². The Bertz CT molecular complexity index is 393. The number of aliphatic hydroxyl groups excluding tert-OH is 1. The third-order valence-corrected chi connectivity index (χ3v) is 3.43. The molecule has 5 nitrogen and oxygen atoms in total. The van der Waals surface area contributed by atoms with E-state index in [2.05, 4.69) is 24.3 Å². The maximum Gasteiger partial charge on any atom is 0.131 e. The highest BCUT2D eigenvalue weighted by atomic mass is 35.5. The number of nitrogens with one attached hydrogen (secondary N) is 1. The van der Waals surface area contributed by atoms with Crippen molar-refractivity contribution < 1.29 is 9.84 Å². The molecule has 0 amide bonds. The molecule has 0 aromatic carbocycles. The fraction of sp³-hybridized carbons (Fsp3) is 0.769. The topological polar surface area (TPSA) is 59.3 Å². The second kappa shape index (κ2) is 7.85. The summed E-state index contributed by atoms with van der Waals surface area (Å²) >= 11 is 6.24. The van der Waals surface area contributed by atoms with E-state index in [4.69, 9.17) is 16.3 Å². The zero-order valence-corrected chi connectivity index (χ0v) is 12.9. The van der Waals surface area contributed by atoms with Crippen LogP contribution < -0.4 is 5.32 Å². The molecule has 0 radical (unpaired) electrons. The molecule has 0 saturated carbocycles. The summed E-state index contributed by atoms with van der Waals surface area (Å²) in [4.78, 5) is 0. The zero-order chi connectivity index (χ0) is 14.4. The minimum Gasteiger partial charge on any atom is -0.391 e. The Morgan fingerprint density at radius 2 is 2.16 bits per heavy atom. The lowest BCUT2D eigenvalue weighted by atomic mass is 10.1. The summed E-state index contributed by atoms with van der Waals surface area (Å²) in [7, 11) is 3.43. The van der Waals surface area contributed by atoms with Crippen LogP contribution in [-0.2, 0) is 18.3 Å². The largest absolute Gasteiger partial charge is 0.391 e. The molecule has 2 N–H and O–H groups in total. The molecule has 1 atom stereocenters. The number of hydrogen-bond donors (Lipinski definition) is 2. The van der Waals surface area contributed by atoms with Crippen molar-refractivity contribution in [3.05, 3.63) is 16.4 Å². The average molecular weight is 290 g/mol. The van der Waals surface area contributed by atoms with Gasteiger partial charge in [-0.05, 0) is 18.9 Å². The molecular weight excluding hydrogens is 266 g/mol. The van der Waals surface area contributed by atoms with Gasteiger partial charge in [-0.15, -0.1) is 0 Å². The van der Waals surface area contributed by atoms with Gasteiger partial charge in [-0.2, -0.15) is 5.10 Å². The third-order valence-electron chi connectivity index (χ3n) is 2.96. The highest BCUT2D eigenvalue weighted by Crippen LogP contribution is 2.24. The second-order valence-corrected chi connectivity index (χ2v) is 5.37. The van der Waals surface area contributed by atoms with E-state index in [0.717, 1.165) is 11.3 Å². The number of aliphatic hydroxyl groups is 1. The Morgan fingerprint density at radius 1 is 1.47 bits per heavy atom. The molecule has 19 heavy (non-hydrogen) atoms. The number of nitrogens with zero attached hydrogens (tertiary/aromatic N) is 2. The first-order valence-corrected chi connectivity index (χ1v) is 6.94. The summed E-state index contributed by atoms with van der Waals surface area (Å²) in [5.74, 6) is 0.342. The quantitative estimate of drug-likeness (QED) is 0.715. The van der Waals surface area contributed by atoms with Crippen molar-refractivity contribution in [3.63, 3.8) is 0 Å². The van der Waals surface area contributed by atoms with Crippen molar-refractivity contribution in [2.45, 2.75) is 38.8 Å². The molecule has 1 aromatic rings. The van der Waals surface area contributed by atoms with Crippen LogP contribution in [-0.4, -0.2) is 41.3 Å². The standard InChI is InChI=1S/C13H24ClN3O2/c1-9(2)12-11(13(14)17(3)16-12)7-15-6-5-10(18)8-19-4/h9-10,15,18H,5-8H2,1-4H3. The van der Waals surface area contributed by atoms with Crippen molar-refractivity contribution in [2.75, 3.05) is 20.3 Å². The van der Waals surface area contributed by atoms with E-state index >= 15 is 0 Å². The van der Waals surface area contributed by atoms with Gasteiger partial charge < -0.3 is 15.2 Å². The molecule has 0 saturated heterocycles. The molecule has 0 aliphatic carbocycles. The van der Waals surface area contributed by atoms with Gasteiger partial charge in [0.1, 0.15) is 5.15 Å². The van der Waals surface area contributed by atoms with E-state index in [1.54, 1.807) is 11.8 Å². The van der Waals surface area contributed by atoms with E-state index in [1.165, 1.54) is 0 Å². The number of halogens is 1. The van der Waals surface area contributed by atoms with Gasteiger partial charge in [-0.1, -0.05) is 25.4 Å². The minimum atomic E-state index is -0.425. The first-order valence-electron chi connectivity index (χ1n) is 6.56. The van der Waals surface area contributed by atoms with Gasteiger partial charge >= 0.3 is 0 Å². The van der Waals surface area contributed by atoms with Gasteiger partial charge in [0.2, 0.25) is 0 Å². The van der Waals surface area contributed by atoms with Crippen LogP contribution in [0.3, 0.4) is 0 Å². The summed E-state index contributed by atoms with van der Waals surface area (Å²) in [6, 6.07) is 0. The first-order chi connectivity index (χ1) is 8.97. The van der Waals surface area contributed by atoms with E-state index < -0.39 is 6.10 Å². The molecule has 6 heteroatoms. The number of aryl methyl sites for hydroxylation is 1. The van der Waals surface area contributed by atoms with Crippen LogP contribution in [0.5, 0.6) is 0 Å². The van der Waals surface area contributed by atoms with Crippen LogP contribution in [0.1, 0.15) is 37.4 Å². The van der Waals surface area contributed by atoms with E-state index in [0.29, 0.717) is 37.2 Å². The fourth-order valence-corrected chi connectivity index (χ4v) is 2.15. The lowest BCUT2D eigenvalue weighted by Gasteiger charge is -2.11. The summed E-state index contributed by atoms with van der Waals surface area (Å²) in [5.41, 5.74) is 2.07. The van der Waals surface area contributed by atoms with Gasteiger partial charge in [-0.3, -0.25) is 4.68 Å². The fourth-order valence-electron chi connectivity index (χ4n) is 1.95. The lowest BCUT2D eigenvalue weighted by molar-refractivity contribution is 0.0594. The molecule has 1 unspecified atom stereocenters. The van der Waals surface area contributed by atoms with Crippen LogP contribution in [0.15, 0.2) is 0 Å². The van der Waals surface area contributed by atoms with Gasteiger partial charge in [0.15, 0.2) is 0 Å². The van der Waals surface area contributed by atoms with E-state index in [-0.39, 0.29) is 0 Å². The molecule has 1 rings (SSSR count). The highest BCUT2D eigenvalue weighted by molar-refractivity contribution is 6.30. The maximum atomic E-state index is 9.54. The Kier molecular flexibility index (Phi) is 6.79. The molecule has 1 heterocycles. The van der Waals surface area contributed by atoms with Gasteiger partial charge in [-0.25, -0.2) is 0 Å². The van der Waals surface area contributed by atoms with Crippen LogP contribution in [0.4, 0.5) is 0 Å². The maximum absolute atomic E-state index is 9.54. The van der Waals surface area contributed by atoms with E-state index in [1.807, 2.05) is 7.05 Å². The van der Waals surface area contributed by atoms with Crippen LogP contribution in [0.25, 0.3) is 0 Å².